The Kier molecular flexibility index (Phi) is 7.75. The summed E-state index contributed by atoms with van der Waals surface area (Å²) in [4.78, 5) is 28.4. The third kappa shape index (κ3) is 5.77. The number of fused-ring (bicyclic) bond motifs is 1. The number of nitrogens with zero attached hydrogens (tertiary/aromatic N) is 5. The van der Waals surface area contributed by atoms with Gasteiger partial charge in [-0.2, -0.15) is 4.98 Å². The molecule has 4 heterocycles. The Hall–Kier alpha value is -4.34. The number of aryl methyl sites for hydroxylation is 3. The van der Waals surface area contributed by atoms with Crippen molar-refractivity contribution < 1.29 is 18.4 Å². The molecule has 0 spiro atoms. The molecule has 0 aliphatic carbocycles. The number of rotatable bonds is 8. The van der Waals surface area contributed by atoms with Crippen LogP contribution >= 0.6 is 0 Å². The lowest BCUT2D eigenvalue weighted by molar-refractivity contribution is -0.133. The van der Waals surface area contributed by atoms with E-state index in [0.29, 0.717) is 24.8 Å². The highest BCUT2D eigenvalue weighted by Crippen LogP contribution is 2.35. The fourth-order valence-electron chi connectivity index (χ4n) is 5.38. The summed E-state index contributed by atoms with van der Waals surface area (Å²) in [5.74, 6) is 0.867. The van der Waals surface area contributed by atoms with E-state index < -0.39 is 17.3 Å². The van der Waals surface area contributed by atoms with Gasteiger partial charge in [-0.05, 0) is 57.7 Å². The van der Waals surface area contributed by atoms with Crippen LogP contribution in [0.5, 0.6) is 5.88 Å². The second kappa shape index (κ2) is 11.3. The van der Waals surface area contributed by atoms with Crippen molar-refractivity contribution in [3.8, 4) is 28.4 Å². The number of pyridine rings is 2. The van der Waals surface area contributed by atoms with Crippen LogP contribution in [0.4, 0.5) is 10.2 Å². The summed E-state index contributed by atoms with van der Waals surface area (Å²) in [7, 11) is 1.47. The zero-order valence-corrected chi connectivity index (χ0v) is 24.3. The first-order chi connectivity index (χ1) is 19.6. The van der Waals surface area contributed by atoms with E-state index >= 15 is 0 Å². The Balaban J connectivity index is 1.32. The molecule has 1 amide bonds. The van der Waals surface area contributed by atoms with E-state index in [1.165, 1.54) is 13.2 Å². The standard InChI is InChI=1S/C31H35FN6O3/c1-7-38(30(39)18(2)24-15-27(40-6)33-16-26(24)32)17-31(5)13-12-23-14-25(19(3)34-28(23)36-31)21-8-10-22(11-9-21)29-35-20(4)41-37-29/h8-11,14-16,18H,7,12-13,17H2,1-6H3,(H,34,36)/t18-,31-/m1/s1. The molecule has 1 aromatic carbocycles. The lowest BCUT2D eigenvalue weighted by Gasteiger charge is -2.40. The van der Waals surface area contributed by atoms with Gasteiger partial charge in [-0.15, -0.1) is 0 Å². The van der Waals surface area contributed by atoms with Crippen molar-refractivity contribution in [2.75, 3.05) is 25.5 Å². The van der Waals surface area contributed by atoms with Crippen molar-refractivity contribution in [1.82, 2.24) is 25.0 Å². The number of nitrogens with one attached hydrogen (secondary N) is 1. The van der Waals surface area contributed by atoms with Crippen molar-refractivity contribution in [2.45, 2.75) is 58.9 Å². The average molecular weight is 559 g/mol. The van der Waals surface area contributed by atoms with Crippen LogP contribution in [0.25, 0.3) is 22.5 Å². The SMILES string of the molecule is CCN(C[C@@]1(C)CCc2cc(-c3ccc(-c4noc(C)n4)cc3)c(C)nc2N1)C(=O)[C@H](C)c1cc(OC)ncc1F. The molecule has 3 aromatic heterocycles. The summed E-state index contributed by atoms with van der Waals surface area (Å²) in [6.07, 6.45) is 2.73. The molecule has 0 saturated heterocycles. The normalized spacial score (nSPS) is 17.0. The van der Waals surface area contributed by atoms with Crippen molar-refractivity contribution in [3.05, 3.63) is 71.1 Å². The first kappa shape index (κ1) is 28.2. The molecule has 1 aliphatic heterocycles. The second-order valence-electron chi connectivity index (χ2n) is 10.9. The largest absolute Gasteiger partial charge is 0.481 e. The van der Waals surface area contributed by atoms with Crippen LogP contribution < -0.4 is 10.1 Å². The molecule has 0 radical (unpaired) electrons. The maximum atomic E-state index is 14.6. The molecule has 2 atom stereocenters. The number of likely N-dealkylation sites (N-methyl/N-ethyl adjacent to an activating group) is 1. The minimum absolute atomic E-state index is 0.146. The first-order valence-electron chi connectivity index (χ1n) is 13.8. The smallest absolute Gasteiger partial charge is 0.230 e. The fraction of sp³-hybridized carbons (Fsp3) is 0.387. The Morgan fingerprint density at radius 3 is 2.59 bits per heavy atom. The number of hydrogen-bond acceptors (Lipinski definition) is 8. The lowest BCUT2D eigenvalue weighted by Crippen LogP contribution is -2.51. The predicted octanol–water partition coefficient (Wildman–Crippen LogP) is 5.73. The number of methoxy groups -OCH3 is 1. The molecule has 1 N–H and O–H groups in total. The molecule has 1 aliphatic rings. The summed E-state index contributed by atoms with van der Waals surface area (Å²) in [6, 6.07) is 11.8. The van der Waals surface area contributed by atoms with E-state index in [0.717, 1.165) is 52.8 Å². The van der Waals surface area contributed by atoms with Crippen LogP contribution in [0.3, 0.4) is 0 Å². The van der Waals surface area contributed by atoms with Crippen LogP contribution in [0.2, 0.25) is 0 Å². The zero-order chi connectivity index (χ0) is 29.3. The number of carbonyl (C=O) groups is 1. The summed E-state index contributed by atoms with van der Waals surface area (Å²) >= 11 is 0. The summed E-state index contributed by atoms with van der Waals surface area (Å²) in [5.41, 5.74) is 4.95. The van der Waals surface area contributed by atoms with Gasteiger partial charge in [-0.25, -0.2) is 14.4 Å². The van der Waals surface area contributed by atoms with Gasteiger partial charge in [0.25, 0.3) is 0 Å². The number of hydrogen-bond donors (Lipinski definition) is 1. The van der Waals surface area contributed by atoms with E-state index in [2.05, 4.69) is 33.4 Å². The van der Waals surface area contributed by atoms with Gasteiger partial charge in [0, 0.05) is 48.5 Å². The molecular weight excluding hydrogens is 523 g/mol. The average Bonchev–Trinajstić information content (AvgIpc) is 3.41. The highest BCUT2D eigenvalue weighted by molar-refractivity contribution is 5.83. The van der Waals surface area contributed by atoms with Gasteiger partial charge in [0.2, 0.25) is 23.5 Å². The fourth-order valence-corrected chi connectivity index (χ4v) is 5.38. The van der Waals surface area contributed by atoms with Gasteiger partial charge in [-0.1, -0.05) is 29.4 Å². The van der Waals surface area contributed by atoms with Gasteiger partial charge in [-0.3, -0.25) is 4.79 Å². The number of aromatic nitrogens is 4. The quantitative estimate of drug-likeness (QED) is 0.292. The van der Waals surface area contributed by atoms with Crippen molar-refractivity contribution in [3.63, 3.8) is 0 Å². The number of amides is 1. The van der Waals surface area contributed by atoms with E-state index in [1.54, 1.807) is 18.7 Å². The Labute approximate surface area is 239 Å². The molecule has 0 unspecified atom stereocenters. The van der Waals surface area contributed by atoms with Crippen LogP contribution in [-0.2, 0) is 11.2 Å². The summed E-state index contributed by atoms with van der Waals surface area (Å²) in [6.45, 7) is 10.5. The summed E-state index contributed by atoms with van der Waals surface area (Å²) in [5, 5.41) is 7.61. The Morgan fingerprint density at radius 1 is 1.20 bits per heavy atom. The maximum Gasteiger partial charge on any atom is 0.230 e. The molecule has 0 bridgehead atoms. The van der Waals surface area contributed by atoms with Crippen molar-refractivity contribution in [2.24, 2.45) is 0 Å². The monoisotopic (exact) mass is 558 g/mol. The number of anilines is 1. The highest BCUT2D eigenvalue weighted by atomic mass is 19.1. The molecule has 0 saturated carbocycles. The lowest BCUT2D eigenvalue weighted by atomic mass is 9.87. The van der Waals surface area contributed by atoms with Crippen LogP contribution in [-0.4, -0.2) is 56.7 Å². The highest BCUT2D eigenvalue weighted by Gasteiger charge is 2.35. The van der Waals surface area contributed by atoms with Gasteiger partial charge in [0.1, 0.15) is 11.6 Å². The van der Waals surface area contributed by atoms with Gasteiger partial charge in [0.05, 0.1) is 24.8 Å². The van der Waals surface area contributed by atoms with Gasteiger partial charge in [0.15, 0.2) is 0 Å². The van der Waals surface area contributed by atoms with Crippen molar-refractivity contribution in [1.29, 1.82) is 0 Å². The van der Waals surface area contributed by atoms with Crippen LogP contribution in [0.1, 0.15) is 55.8 Å². The zero-order valence-electron chi connectivity index (χ0n) is 24.3. The molecule has 10 heteroatoms. The maximum absolute atomic E-state index is 14.6. The first-order valence-corrected chi connectivity index (χ1v) is 13.8. The third-order valence-corrected chi connectivity index (χ3v) is 7.78. The number of carbonyl (C=O) groups excluding carboxylic acids is 1. The Morgan fingerprint density at radius 2 is 1.93 bits per heavy atom. The van der Waals surface area contributed by atoms with E-state index in [9.17, 15) is 9.18 Å². The molecule has 9 nitrogen and oxygen atoms in total. The minimum Gasteiger partial charge on any atom is -0.481 e. The predicted molar refractivity (Wildman–Crippen MR) is 154 cm³/mol. The number of ether oxygens (including phenoxy) is 1. The molecule has 41 heavy (non-hydrogen) atoms. The van der Waals surface area contributed by atoms with E-state index in [4.69, 9.17) is 14.2 Å². The number of halogens is 1. The van der Waals surface area contributed by atoms with Crippen LogP contribution in [0.15, 0.2) is 47.1 Å². The third-order valence-electron chi connectivity index (χ3n) is 7.78. The van der Waals surface area contributed by atoms with Gasteiger partial charge < -0.3 is 19.5 Å². The molecule has 5 rings (SSSR count). The van der Waals surface area contributed by atoms with E-state index in [-0.39, 0.29) is 17.4 Å². The second-order valence-corrected chi connectivity index (χ2v) is 10.9. The minimum atomic E-state index is -0.676. The summed E-state index contributed by atoms with van der Waals surface area (Å²) < 4.78 is 24.8. The van der Waals surface area contributed by atoms with Gasteiger partial charge >= 0.3 is 0 Å². The number of benzene rings is 1. The molecule has 4 aromatic rings. The van der Waals surface area contributed by atoms with E-state index in [1.807, 2.05) is 38.1 Å². The topological polar surface area (TPSA) is 106 Å². The molecule has 214 valence electrons. The van der Waals surface area contributed by atoms with Crippen molar-refractivity contribution >= 4 is 11.7 Å². The van der Waals surface area contributed by atoms with Crippen LogP contribution in [0, 0.1) is 19.7 Å². The Bertz CT molecular complexity index is 1570. The molecular formula is C31H35FN6O3. The molecule has 0 fully saturated rings.